The Hall–Kier alpha value is -2.67. The molecule has 3 N–H and O–H groups in total. The number of allylic oxidation sites excluding steroid dienone is 2. The maximum absolute atomic E-state index is 13.0. The van der Waals surface area contributed by atoms with Gasteiger partial charge in [0.15, 0.2) is 11.6 Å². The number of hydrogen-bond donors (Lipinski definition) is 3. The fourth-order valence-corrected chi connectivity index (χ4v) is 4.00. The number of aliphatic hydroxyl groups is 1. The number of rotatable bonds is 4. The van der Waals surface area contributed by atoms with Crippen molar-refractivity contribution in [2.75, 3.05) is 11.9 Å². The Morgan fingerprint density at radius 1 is 1.33 bits per heavy atom. The number of aryl methyl sites for hydroxylation is 1. The lowest BCUT2D eigenvalue weighted by molar-refractivity contribution is -0.118. The molecule has 2 aromatic rings. The molecule has 2 aliphatic rings. The molecule has 7 nitrogen and oxygen atoms in total. The number of aromatic nitrogens is 3. The maximum Gasteiger partial charge on any atom is 0.226 e. The summed E-state index contributed by atoms with van der Waals surface area (Å²) in [6.07, 6.45) is 2.38. The molecule has 1 aromatic carbocycles. The number of ketones is 1. The van der Waals surface area contributed by atoms with Crippen LogP contribution in [-0.4, -0.2) is 37.4 Å². The van der Waals surface area contributed by atoms with Crippen LogP contribution in [0.1, 0.15) is 50.5 Å². The van der Waals surface area contributed by atoms with Crippen molar-refractivity contribution in [2.24, 2.45) is 5.41 Å². The molecule has 0 spiro atoms. The Labute approximate surface area is 157 Å². The molecule has 1 aromatic heterocycles. The van der Waals surface area contributed by atoms with Gasteiger partial charge in [0.25, 0.3) is 0 Å². The number of aromatic hydroxyl groups is 1. The second kappa shape index (κ2) is 6.49. The molecule has 0 saturated heterocycles. The van der Waals surface area contributed by atoms with Gasteiger partial charge in [0.05, 0.1) is 0 Å². The van der Waals surface area contributed by atoms with Crippen molar-refractivity contribution in [1.82, 2.24) is 14.8 Å². The molecule has 0 amide bonds. The van der Waals surface area contributed by atoms with Gasteiger partial charge < -0.3 is 15.5 Å². The summed E-state index contributed by atoms with van der Waals surface area (Å²) in [5.41, 5.74) is 2.27. The fraction of sp³-hybridized carbons (Fsp3) is 0.450. The van der Waals surface area contributed by atoms with E-state index in [0.717, 1.165) is 17.7 Å². The average molecular weight is 368 g/mol. The van der Waals surface area contributed by atoms with E-state index in [1.165, 1.54) is 0 Å². The van der Waals surface area contributed by atoms with Crippen molar-refractivity contribution in [3.05, 3.63) is 46.9 Å². The van der Waals surface area contributed by atoms with Gasteiger partial charge in [-0.2, -0.15) is 10.1 Å². The molecule has 1 atom stereocenters. The van der Waals surface area contributed by atoms with Crippen LogP contribution >= 0.6 is 0 Å². The van der Waals surface area contributed by atoms with E-state index in [4.69, 9.17) is 5.11 Å². The van der Waals surface area contributed by atoms with Crippen LogP contribution in [0.2, 0.25) is 0 Å². The van der Waals surface area contributed by atoms with Crippen molar-refractivity contribution in [3.63, 3.8) is 0 Å². The molecular weight excluding hydrogens is 344 g/mol. The molecule has 0 radical (unpaired) electrons. The highest BCUT2D eigenvalue weighted by Crippen LogP contribution is 2.45. The Morgan fingerprint density at radius 3 is 2.89 bits per heavy atom. The highest BCUT2D eigenvalue weighted by molar-refractivity contribution is 6.00. The summed E-state index contributed by atoms with van der Waals surface area (Å²) < 4.78 is 1.73. The third-order valence-electron chi connectivity index (χ3n) is 5.12. The van der Waals surface area contributed by atoms with E-state index in [2.05, 4.69) is 29.2 Å². The summed E-state index contributed by atoms with van der Waals surface area (Å²) >= 11 is 0. The van der Waals surface area contributed by atoms with Crippen molar-refractivity contribution in [1.29, 1.82) is 0 Å². The van der Waals surface area contributed by atoms with E-state index in [0.29, 0.717) is 36.6 Å². The zero-order chi connectivity index (χ0) is 19.2. The number of Topliss-reactive ketones (excluding diaryl/α,β-unsaturated/α-hetero) is 1. The van der Waals surface area contributed by atoms with Gasteiger partial charge in [-0.05, 0) is 36.0 Å². The zero-order valence-corrected chi connectivity index (χ0v) is 15.6. The molecule has 0 bridgehead atoms. The number of phenols is 1. The zero-order valence-electron chi connectivity index (χ0n) is 15.6. The highest BCUT2D eigenvalue weighted by Gasteiger charge is 2.41. The van der Waals surface area contributed by atoms with Crippen molar-refractivity contribution < 1.29 is 15.0 Å². The number of phenolic OH excluding ortho intramolecular Hbond substituents is 1. The van der Waals surface area contributed by atoms with Crippen LogP contribution in [0.3, 0.4) is 0 Å². The van der Waals surface area contributed by atoms with Crippen LogP contribution in [0.5, 0.6) is 5.75 Å². The number of nitrogens with zero attached hydrogens (tertiary/aromatic N) is 3. The Morgan fingerprint density at radius 2 is 2.15 bits per heavy atom. The smallest absolute Gasteiger partial charge is 0.226 e. The Kier molecular flexibility index (Phi) is 4.26. The number of carbonyl (C=O) groups is 1. The minimum absolute atomic E-state index is 0.0781. The van der Waals surface area contributed by atoms with Gasteiger partial charge >= 0.3 is 0 Å². The first-order valence-corrected chi connectivity index (χ1v) is 9.26. The Balaban J connectivity index is 1.85. The second-order valence-electron chi connectivity index (χ2n) is 8.08. The van der Waals surface area contributed by atoms with Crippen molar-refractivity contribution >= 4 is 11.7 Å². The highest BCUT2D eigenvalue weighted by atomic mass is 16.3. The molecule has 1 aliphatic heterocycles. The largest absolute Gasteiger partial charge is 0.508 e. The molecule has 142 valence electrons. The number of carbonyl (C=O) groups excluding carboxylic acids is 1. The van der Waals surface area contributed by atoms with Crippen LogP contribution in [-0.2, 0) is 11.2 Å². The normalized spacial score (nSPS) is 20.9. The average Bonchev–Trinajstić information content (AvgIpc) is 2.99. The number of fused-ring (bicyclic) bond motifs is 1. The molecule has 7 heteroatoms. The first kappa shape index (κ1) is 17.7. The first-order valence-electron chi connectivity index (χ1n) is 9.26. The second-order valence-corrected chi connectivity index (χ2v) is 8.08. The van der Waals surface area contributed by atoms with Gasteiger partial charge in [0, 0.05) is 30.7 Å². The number of aliphatic hydroxyl groups excluding tert-OH is 1. The summed E-state index contributed by atoms with van der Waals surface area (Å²) in [5, 5.41) is 27.0. The van der Waals surface area contributed by atoms with Crippen LogP contribution in [0.15, 0.2) is 35.5 Å². The van der Waals surface area contributed by atoms with Crippen molar-refractivity contribution in [3.8, 4) is 5.75 Å². The summed E-state index contributed by atoms with van der Waals surface area (Å²) in [7, 11) is 0. The molecule has 4 rings (SSSR count). The predicted molar refractivity (Wildman–Crippen MR) is 100 cm³/mol. The minimum atomic E-state index is -0.415. The standard InChI is InChI=1S/C20H24N4O3/c1-20(2)10-14-17(15(27)11-20)18(12-5-3-6-13(26)9-12)24-19(21-14)22-16(23-24)7-4-8-25/h3,5-6,9,18,25-26H,4,7-8,10-11H2,1-2H3,(H,21,22,23). The van der Waals surface area contributed by atoms with Crippen LogP contribution in [0, 0.1) is 5.41 Å². The van der Waals surface area contributed by atoms with Gasteiger partial charge in [0.2, 0.25) is 5.95 Å². The summed E-state index contributed by atoms with van der Waals surface area (Å²) in [5.74, 6) is 1.47. The summed E-state index contributed by atoms with van der Waals surface area (Å²) in [6.45, 7) is 4.26. The van der Waals surface area contributed by atoms with E-state index in [1.807, 2.05) is 6.07 Å². The van der Waals surface area contributed by atoms with E-state index < -0.39 is 6.04 Å². The molecule has 27 heavy (non-hydrogen) atoms. The van der Waals surface area contributed by atoms with E-state index in [-0.39, 0.29) is 23.6 Å². The van der Waals surface area contributed by atoms with Gasteiger partial charge in [-0.25, -0.2) is 4.68 Å². The van der Waals surface area contributed by atoms with Gasteiger partial charge in [0.1, 0.15) is 11.8 Å². The fourth-order valence-electron chi connectivity index (χ4n) is 4.00. The summed E-state index contributed by atoms with van der Waals surface area (Å²) in [4.78, 5) is 17.6. The van der Waals surface area contributed by atoms with Crippen molar-refractivity contribution in [2.45, 2.75) is 45.6 Å². The van der Waals surface area contributed by atoms with Gasteiger partial charge in [-0.3, -0.25) is 4.79 Å². The van der Waals surface area contributed by atoms with Gasteiger partial charge in [-0.15, -0.1) is 0 Å². The third-order valence-corrected chi connectivity index (χ3v) is 5.12. The lowest BCUT2D eigenvalue weighted by Crippen LogP contribution is -2.36. The van der Waals surface area contributed by atoms with Crippen LogP contribution in [0.25, 0.3) is 0 Å². The summed E-state index contributed by atoms with van der Waals surface area (Å²) in [6, 6.07) is 6.54. The molecule has 1 aliphatic carbocycles. The quantitative estimate of drug-likeness (QED) is 0.767. The lowest BCUT2D eigenvalue weighted by Gasteiger charge is -2.38. The number of anilines is 1. The molecule has 1 unspecified atom stereocenters. The maximum atomic E-state index is 13.0. The Bertz CT molecular complexity index is 929. The van der Waals surface area contributed by atoms with Gasteiger partial charge in [-0.1, -0.05) is 26.0 Å². The third kappa shape index (κ3) is 3.23. The number of benzene rings is 1. The van der Waals surface area contributed by atoms with Crippen LogP contribution < -0.4 is 5.32 Å². The van der Waals surface area contributed by atoms with E-state index in [1.54, 1.807) is 22.9 Å². The first-order chi connectivity index (χ1) is 12.9. The minimum Gasteiger partial charge on any atom is -0.508 e. The molecule has 0 saturated carbocycles. The van der Waals surface area contributed by atoms with E-state index >= 15 is 0 Å². The topological polar surface area (TPSA) is 100 Å². The van der Waals surface area contributed by atoms with Crippen LogP contribution in [0.4, 0.5) is 5.95 Å². The molecule has 2 heterocycles. The van der Waals surface area contributed by atoms with E-state index in [9.17, 15) is 9.90 Å². The molecule has 0 fully saturated rings. The molecular formula is C20H24N4O3. The predicted octanol–water partition coefficient (Wildman–Crippen LogP) is 2.57. The number of hydrogen-bond acceptors (Lipinski definition) is 6. The SMILES string of the molecule is CC1(C)CC(=O)C2=C(C1)Nc1nc(CCCO)nn1C2c1cccc(O)c1. The lowest BCUT2D eigenvalue weighted by atomic mass is 9.73. The monoisotopic (exact) mass is 368 g/mol. The number of nitrogens with one attached hydrogen (secondary N) is 1.